The van der Waals surface area contributed by atoms with Crippen molar-refractivity contribution in [3.8, 4) is 11.8 Å². The fourth-order valence-corrected chi connectivity index (χ4v) is 4.83. The molecule has 1 fully saturated rings. The van der Waals surface area contributed by atoms with E-state index >= 15 is 0 Å². The van der Waals surface area contributed by atoms with E-state index in [1.54, 1.807) is 6.07 Å². The molecule has 0 unspecified atom stereocenters. The highest BCUT2D eigenvalue weighted by Gasteiger charge is 2.47. The number of benzene rings is 2. The van der Waals surface area contributed by atoms with E-state index in [-0.39, 0.29) is 17.8 Å². The molecule has 0 radical (unpaired) electrons. The van der Waals surface area contributed by atoms with Gasteiger partial charge in [0.25, 0.3) is 0 Å². The zero-order valence-electron chi connectivity index (χ0n) is 16.5. The number of aromatic nitrogens is 1. The average Bonchev–Trinajstić information content (AvgIpc) is 3.18. The quantitative estimate of drug-likeness (QED) is 0.652. The normalized spacial score (nSPS) is 16.9. The van der Waals surface area contributed by atoms with Crippen LogP contribution in [-0.2, 0) is 10.2 Å². The lowest BCUT2D eigenvalue weighted by molar-refractivity contribution is 0.0601. The van der Waals surface area contributed by atoms with Gasteiger partial charge in [-0.05, 0) is 48.7 Å². The Morgan fingerprint density at radius 1 is 1.20 bits per heavy atom. The number of fused-ring (bicyclic) bond motifs is 6. The van der Waals surface area contributed by atoms with Crippen LogP contribution in [0.2, 0.25) is 0 Å². The Balaban J connectivity index is 1.71. The summed E-state index contributed by atoms with van der Waals surface area (Å²) in [4.78, 5) is 17.0. The number of nitrogens with zero attached hydrogens (tertiary/aromatic N) is 1. The summed E-state index contributed by atoms with van der Waals surface area (Å²) in [5, 5.41) is 19.2. The number of H-pyrrole nitrogens is 1. The molecule has 2 aliphatic rings. The van der Waals surface area contributed by atoms with Crippen LogP contribution in [0.3, 0.4) is 0 Å². The van der Waals surface area contributed by atoms with Gasteiger partial charge in [0.15, 0.2) is 5.78 Å². The molecule has 30 heavy (non-hydrogen) atoms. The molecule has 6 heteroatoms. The van der Waals surface area contributed by atoms with Crippen LogP contribution < -0.4 is 4.74 Å². The van der Waals surface area contributed by atoms with Crippen LogP contribution in [0.15, 0.2) is 36.4 Å². The second kappa shape index (κ2) is 7.28. The van der Waals surface area contributed by atoms with Gasteiger partial charge in [-0.2, -0.15) is 5.26 Å². The lowest BCUT2D eigenvalue weighted by atomic mass is 9.64. The van der Waals surface area contributed by atoms with Gasteiger partial charge in [0.05, 0.1) is 23.8 Å². The van der Waals surface area contributed by atoms with E-state index in [1.165, 1.54) is 0 Å². The Bertz CT molecular complexity index is 1180. The van der Waals surface area contributed by atoms with Crippen molar-refractivity contribution in [3.05, 3.63) is 64.3 Å². The predicted octanol–water partition coefficient (Wildman–Crippen LogP) is 3.44. The number of rotatable bonds is 4. The van der Waals surface area contributed by atoms with Crippen molar-refractivity contribution in [2.75, 3.05) is 26.4 Å². The number of carbonyl (C=O) groups excluding carboxylic acids is 1. The lowest BCUT2D eigenvalue weighted by Gasteiger charge is -2.41. The first-order chi connectivity index (χ1) is 14.7. The molecule has 6 nitrogen and oxygen atoms in total. The number of ketones is 1. The Labute approximate surface area is 174 Å². The summed E-state index contributed by atoms with van der Waals surface area (Å²) >= 11 is 0. The molecule has 0 bridgehead atoms. The molecule has 5 rings (SSSR count). The molecular formula is C24H22N2O4. The molecule has 2 N–H and O–H groups in total. The van der Waals surface area contributed by atoms with E-state index in [0.717, 1.165) is 35.0 Å². The molecule has 0 amide bonds. The first-order valence-corrected chi connectivity index (χ1v) is 10.2. The topological polar surface area (TPSA) is 95.3 Å². The molecular weight excluding hydrogens is 380 g/mol. The predicted molar refractivity (Wildman–Crippen MR) is 111 cm³/mol. The highest BCUT2D eigenvalue weighted by Crippen LogP contribution is 2.50. The molecule has 1 aromatic heterocycles. The molecule has 0 saturated carbocycles. The molecule has 2 aromatic carbocycles. The standard InChI is InChI=1S/C24H22N2O4/c25-14-15-2-4-18-20(12-15)26-23-21(18)22(28)17-5-3-16(30-9-1-8-27)13-19(17)24(23)6-10-29-11-7-24/h2-5,12-13,26-27H,1,6-11H2. The summed E-state index contributed by atoms with van der Waals surface area (Å²) in [5.41, 5.74) is 4.30. The third-order valence-electron chi connectivity index (χ3n) is 6.30. The van der Waals surface area contributed by atoms with Gasteiger partial charge in [0, 0.05) is 53.8 Å². The van der Waals surface area contributed by atoms with Gasteiger partial charge >= 0.3 is 0 Å². The summed E-state index contributed by atoms with van der Waals surface area (Å²) < 4.78 is 11.5. The van der Waals surface area contributed by atoms with Crippen LogP contribution in [0.4, 0.5) is 0 Å². The van der Waals surface area contributed by atoms with Crippen molar-refractivity contribution < 1.29 is 19.4 Å². The number of nitrogens with one attached hydrogen (secondary N) is 1. The summed E-state index contributed by atoms with van der Waals surface area (Å²) in [7, 11) is 0. The smallest absolute Gasteiger partial charge is 0.195 e. The van der Waals surface area contributed by atoms with Crippen molar-refractivity contribution in [1.29, 1.82) is 5.26 Å². The molecule has 0 atom stereocenters. The minimum atomic E-state index is -0.362. The number of aliphatic hydroxyl groups is 1. The molecule has 1 aliphatic carbocycles. The number of hydrogen-bond acceptors (Lipinski definition) is 5. The zero-order chi connectivity index (χ0) is 20.7. The highest BCUT2D eigenvalue weighted by atomic mass is 16.5. The third kappa shape index (κ3) is 2.74. The maximum absolute atomic E-state index is 13.5. The fourth-order valence-electron chi connectivity index (χ4n) is 4.83. The monoisotopic (exact) mass is 402 g/mol. The lowest BCUT2D eigenvalue weighted by Crippen LogP contribution is -2.40. The minimum absolute atomic E-state index is 0.00465. The number of carbonyl (C=O) groups is 1. The first kappa shape index (κ1) is 18.9. The van der Waals surface area contributed by atoms with E-state index in [9.17, 15) is 10.1 Å². The number of ether oxygens (including phenoxy) is 2. The van der Waals surface area contributed by atoms with Gasteiger partial charge in [-0.1, -0.05) is 6.07 Å². The van der Waals surface area contributed by atoms with Crippen LogP contribution in [0.25, 0.3) is 10.9 Å². The second-order valence-electron chi connectivity index (χ2n) is 7.90. The Kier molecular flexibility index (Phi) is 4.58. The number of nitriles is 1. The van der Waals surface area contributed by atoms with Crippen molar-refractivity contribution in [1.82, 2.24) is 4.98 Å². The average molecular weight is 402 g/mol. The SMILES string of the molecule is N#Cc1ccc2c3c([nH]c2c1)C1(CCOCC1)c1cc(OCCCO)ccc1C3=O. The summed E-state index contributed by atoms with van der Waals surface area (Å²) in [6.45, 7) is 1.73. The largest absolute Gasteiger partial charge is 0.493 e. The van der Waals surface area contributed by atoms with E-state index < -0.39 is 0 Å². The van der Waals surface area contributed by atoms with E-state index in [1.807, 2.05) is 30.3 Å². The Morgan fingerprint density at radius 2 is 2.03 bits per heavy atom. The van der Waals surface area contributed by atoms with Gasteiger partial charge in [-0.15, -0.1) is 0 Å². The van der Waals surface area contributed by atoms with E-state index in [0.29, 0.717) is 48.7 Å². The number of aromatic amines is 1. The fraction of sp³-hybridized carbons (Fsp3) is 0.333. The van der Waals surface area contributed by atoms with Crippen LogP contribution in [-0.4, -0.2) is 42.3 Å². The number of hydrogen-bond donors (Lipinski definition) is 2. The Hall–Kier alpha value is -3.14. The Morgan fingerprint density at radius 3 is 2.80 bits per heavy atom. The molecule has 3 aromatic rings. The zero-order valence-corrected chi connectivity index (χ0v) is 16.5. The molecule has 1 aliphatic heterocycles. The maximum atomic E-state index is 13.5. The molecule has 152 valence electrons. The summed E-state index contributed by atoms with van der Waals surface area (Å²) in [5.74, 6) is 0.696. The van der Waals surface area contributed by atoms with Gasteiger partial charge in [0.2, 0.25) is 0 Å². The van der Waals surface area contributed by atoms with E-state index in [4.69, 9.17) is 14.6 Å². The van der Waals surface area contributed by atoms with Crippen molar-refractivity contribution >= 4 is 16.7 Å². The van der Waals surface area contributed by atoms with Crippen molar-refractivity contribution in [2.45, 2.75) is 24.7 Å². The van der Waals surface area contributed by atoms with Crippen LogP contribution >= 0.6 is 0 Å². The number of aliphatic hydroxyl groups excluding tert-OH is 1. The van der Waals surface area contributed by atoms with Gasteiger partial charge < -0.3 is 19.6 Å². The maximum Gasteiger partial charge on any atom is 0.195 e. The molecule has 2 heterocycles. The van der Waals surface area contributed by atoms with Crippen LogP contribution in [0.1, 0.15) is 52.0 Å². The summed E-state index contributed by atoms with van der Waals surface area (Å²) in [6, 6.07) is 13.3. The third-order valence-corrected chi connectivity index (χ3v) is 6.30. The van der Waals surface area contributed by atoms with Gasteiger partial charge in [-0.3, -0.25) is 4.79 Å². The van der Waals surface area contributed by atoms with Gasteiger partial charge in [0.1, 0.15) is 5.75 Å². The summed E-state index contributed by atoms with van der Waals surface area (Å²) in [6.07, 6.45) is 2.08. The van der Waals surface area contributed by atoms with Crippen molar-refractivity contribution in [2.24, 2.45) is 0 Å². The van der Waals surface area contributed by atoms with E-state index in [2.05, 4.69) is 11.1 Å². The van der Waals surface area contributed by atoms with Crippen molar-refractivity contribution in [3.63, 3.8) is 0 Å². The second-order valence-corrected chi connectivity index (χ2v) is 7.90. The molecule has 1 spiro atoms. The van der Waals surface area contributed by atoms with Crippen LogP contribution in [0, 0.1) is 11.3 Å². The van der Waals surface area contributed by atoms with Gasteiger partial charge in [-0.25, -0.2) is 0 Å². The minimum Gasteiger partial charge on any atom is -0.493 e. The van der Waals surface area contributed by atoms with Crippen LogP contribution in [0.5, 0.6) is 5.75 Å². The highest BCUT2D eigenvalue weighted by molar-refractivity contribution is 6.20. The first-order valence-electron chi connectivity index (χ1n) is 10.2. The molecule has 1 saturated heterocycles.